The van der Waals surface area contributed by atoms with Crippen molar-refractivity contribution in [3.8, 4) is 0 Å². The van der Waals surface area contributed by atoms with E-state index < -0.39 is 0 Å². The fraction of sp³-hybridized carbons (Fsp3) is 0.714. The average Bonchev–Trinajstić information content (AvgIpc) is 3.46. The zero-order valence-corrected chi connectivity index (χ0v) is 16.5. The van der Waals surface area contributed by atoms with Crippen LogP contribution in [0.25, 0.3) is 5.65 Å². The molecule has 2 atom stereocenters. The molecule has 7 nitrogen and oxygen atoms in total. The summed E-state index contributed by atoms with van der Waals surface area (Å²) in [6, 6.07) is 3.66. The third-order valence-corrected chi connectivity index (χ3v) is 6.94. The molecular formula is C21H30N6O. The number of carbonyl (C=O) groups is 1. The van der Waals surface area contributed by atoms with E-state index in [1.807, 2.05) is 12.1 Å². The van der Waals surface area contributed by atoms with Crippen LogP contribution in [0.5, 0.6) is 0 Å². The van der Waals surface area contributed by atoms with E-state index in [-0.39, 0.29) is 5.91 Å². The van der Waals surface area contributed by atoms with Crippen LogP contribution < -0.4 is 0 Å². The van der Waals surface area contributed by atoms with E-state index in [0.29, 0.717) is 17.1 Å². The van der Waals surface area contributed by atoms with Crippen molar-refractivity contribution < 1.29 is 4.79 Å². The first kappa shape index (κ1) is 18.0. The molecule has 2 aliphatic heterocycles. The Bertz CT molecular complexity index is 831. The second kappa shape index (κ2) is 7.78. The minimum Gasteiger partial charge on any atom is -0.338 e. The maximum atomic E-state index is 13.1. The van der Waals surface area contributed by atoms with Gasteiger partial charge in [-0.05, 0) is 85.5 Å². The van der Waals surface area contributed by atoms with Crippen molar-refractivity contribution in [3.05, 3.63) is 23.9 Å². The Morgan fingerprint density at radius 3 is 2.71 bits per heavy atom. The second-order valence-corrected chi connectivity index (χ2v) is 8.99. The maximum Gasteiger partial charge on any atom is 0.255 e. The first-order valence-corrected chi connectivity index (χ1v) is 11.0. The van der Waals surface area contributed by atoms with Gasteiger partial charge in [-0.25, -0.2) is 0 Å². The summed E-state index contributed by atoms with van der Waals surface area (Å²) in [5.41, 5.74) is 1.34. The lowest BCUT2D eigenvalue weighted by molar-refractivity contribution is 0.0528. The third-order valence-electron chi connectivity index (χ3n) is 6.94. The largest absolute Gasteiger partial charge is 0.338 e. The van der Waals surface area contributed by atoms with Crippen LogP contribution in [-0.4, -0.2) is 68.5 Å². The lowest BCUT2D eigenvalue weighted by atomic mass is 9.80. The number of carbonyl (C=O) groups excluding carboxylic acids is 1. The van der Waals surface area contributed by atoms with Crippen molar-refractivity contribution >= 4 is 11.6 Å². The van der Waals surface area contributed by atoms with E-state index in [4.69, 9.17) is 0 Å². The van der Waals surface area contributed by atoms with Gasteiger partial charge in [0.15, 0.2) is 5.65 Å². The average molecular weight is 383 g/mol. The second-order valence-electron chi connectivity index (χ2n) is 8.99. The SMILES string of the molecule is O=C(c1ccc2nnnn2c1)N1CCCC(C2CCCN(CCC3CC3)C2)C1. The zero-order chi connectivity index (χ0) is 18.9. The zero-order valence-electron chi connectivity index (χ0n) is 16.5. The van der Waals surface area contributed by atoms with Crippen molar-refractivity contribution in [1.82, 2.24) is 29.8 Å². The van der Waals surface area contributed by atoms with Crippen LogP contribution in [0.4, 0.5) is 0 Å². The van der Waals surface area contributed by atoms with Crippen molar-refractivity contribution in [3.63, 3.8) is 0 Å². The molecule has 0 N–H and O–H groups in total. The Morgan fingerprint density at radius 2 is 1.86 bits per heavy atom. The summed E-state index contributed by atoms with van der Waals surface area (Å²) < 4.78 is 1.58. The molecule has 2 aromatic rings. The van der Waals surface area contributed by atoms with E-state index in [1.54, 1.807) is 10.7 Å². The molecule has 7 heteroatoms. The standard InChI is InChI=1S/C21H30N6O/c28-21(19-7-8-20-22-23-24-27(20)15-19)26-11-2-4-18(14-26)17-3-1-10-25(13-17)12-9-16-5-6-16/h7-8,15-18H,1-6,9-14H2. The van der Waals surface area contributed by atoms with Gasteiger partial charge in [0.25, 0.3) is 5.91 Å². The van der Waals surface area contributed by atoms with Gasteiger partial charge in [-0.3, -0.25) is 4.79 Å². The molecule has 0 aromatic carbocycles. The third kappa shape index (κ3) is 3.90. The molecule has 2 saturated heterocycles. The highest BCUT2D eigenvalue weighted by Crippen LogP contribution is 2.34. The predicted molar refractivity (Wildman–Crippen MR) is 106 cm³/mol. The normalized spacial score (nSPS) is 26.6. The molecule has 0 bridgehead atoms. The van der Waals surface area contributed by atoms with Gasteiger partial charge in [-0.15, -0.1) is 5.10 Å². The van der Waals surface area contributed by atoms with Crippen LogP contribution in [0, 0.1) is 17.8 Å². The van der Waals surface area contributed by atoms with Crippen molar-refractivity contribution in [2.75, 3.05) is 32.7 Å². The summed E-state index contributed by atoms with van der Waals surface area (Å²) in [7, 11) is 0. The predicted octanol–water partition coefficient (Wildman–Crippen LogP) is 2.49. The molecule has 5 rings (SSSR count). The van der Waals surface area contributed by atoms with Gasteiger partial charge < -0.3 is 9.80 Å². The lowest BCUT2D eigenvalue weighted by Crippen LogP contribution is -2.46. The van der Waals surface area contributed by atoms with Crippen molar-refractivity contribution in [2.24, 2.45) is 17.8 Å². The van der Waals surface area contributed by atoms with Gasteiger partial charge >= 0.3 is 0 Å². The number of likely N-dealkylation sites (tertiary alicyclic amines) is 2. The first-order valence-electron chi connectivity index (χ1n) is 11.0. The van der Waals surface area contributed by atoms with Gasteiger partial charge in [0.2, 0.25) is 0 Å². The Hall–Kier alpha value is -2.02. The molecule has 1 aliphatic carbocycles. The molecule has 1 amide bonds. The number of hydrogen-bond acceptors (Lipinski definition) is 5. The minimum absolute atomic E-state index is 0.114. The number of aromatic nitrogens is 4. The molecular weight excluding hydrogens is 352 g/mol. The highest BCUT2D eigenvalue weighted by Gasteiger charge is 2.33. The topological polar surface area (TPSA) is 66.6 Å². The molecule has 4 heterocycles. The number of tetrazole rings is 1. The van der Waals surface area contributed by atoms with E-state index >= 15 is 0 Å². The fourth-order valence-corrected chi connectivity index (χ4v) is 5.08. The number of pyridine rings is 1. The van der Waals surface area contributed by atoms with Crippen LogP contribution in [0.3, 0.4) is 0 Å². The Kier molecular flexibility index (Phi) is 5.01. The lowest BCUT2D eigenvalue weighted by Gasteiger charge is -2.41. The number of fused-ring (bicyclic) bond motifs is 1. The van der Waals surface area contributed by atoms with Crippen molar-refractivity contribution in [2.45, 2.75) is 44.9 Å². The minimum atomic E-state index is 0.114. The Balaban J connectivity index is 1.21. The first-order chi connectivity index (χ1) is 13.8. The number of hydrogen-bond donors (Lipinski definition) is 0. The quantitative estimate of drug-likeness (QED) is 0.795. The van der Waals surface area contributed by atoms with Gasteiger partial charge in [-0.2, -0.15) is 4.52 Å². The molecule has 3 fully saturated rings. The molecule has 2 unspecified atom stereocenters. The Morgan fingerprint density at radius 1 is 1.04 bits per heavy atom. The van der Waals surface area contributed by atoms with E-state index in [1.165, 1.54) is 58.2 Å². The summed E-state index contributed by atoms with van der Waals surface area (Å²) in [5.74, 6) is 2.51. The van der Waals surface area contributed by atoms with Crippen LogP contribution in [0.15, 0.2) is 18.3 Å². The molecule has 2 aromatic heterocycles. The monoisotopic (exact) mass is 382 g/mol. The molecule has 150 valence electrons. The van der Waals surface area contributed by atoms with Crippen LogP contribution >= 0.6 is 0 Å². The van der Waals surface area contributed by atoms with Crippen molar-refractivity contribution in [1.29, 1.82) is 0 Å². The number of nitrogens with zero attached hydrogens (tertiary/aromatic N) is 6. The van der Waals surface area contributed by atoms with Gasteiger partial charge in [0.1, 0.15) is 0 Å². The summed E-state index contributed by atoms with van der Waals surface area (Å²) in [6.07, 6.45) is 11.1. The highest BCUT2D eigenvalue weighted by atomic mass is 16.2. The van der Waals surface area contributed by atoms with Gasteiger partial charge in [-0.1, -0.05) is 12.8 Å². The van der Waals surface area contributed by atoms with Gasteiger partial charge in [0.05, 0.1) is 5.56 Å². The summed E-state index contributed by atoms with van der Waals surface area (Å²) in [5, 5.41) is 11.5. The smallest absolute Gasteiger partial charge is 0.255 e. The van der Waals surface area contributed by atoms with E-state index in [9.17, 15) is 4.79 Å². The fourth-order valence-electron chi connectivity index (χ4n) is 5.08. The molecule has 1 saturated carbocycles. The summed E-state index contributed by atoms with van der Waals surface area (Å²) in [6.45, 7) is 5.54. The summed E-state index contributed by atoms with van der Waals surface area (Å²) in [4.78, 5) is 17.8. The van der Waals surface area contributed by atoms with E-state index in [0.717, 1.165) is 31.3 Å². The summed E-state index contributed by atoms with van der Waals surface area (Å²) >= 11 is 0. The highest BCUT2D eigenvalue weighted by molar-refractivity contribution is 5.94. The molecule has 3 aliphatic rings. The van der Waals surface area contributed by atoms with Crippen LogP contribution in [-0.2, 0) is 0 Å². The molecule has 0 radical (unpaired) electrons. The number of rotatable bonds is 5. The maximum absolute atomic E-state index is 13.1. The van der Waals surface area contributed by atoms with Crippen LogP contribution in [0.2, 0.25) is 0 Å². The number of piperidine rings is 2. The van der Waals surface area contributed by atoms with Crippen LogP contribution in [0.1, 0.15) is 55.3 Å². The van der Waals surface area contributed by atoms with E-state index in [2.05, 4.69) is 25.3 Å². The molecule has 0 spiro atoms. The molecule has 28 heavy (non-hydrogen) atoms. The van der Waals surface area contributed by atoms with Gasteiger partial charge in [0, 0.05) is 25.8 Å². The Labute approximate surface area is 166 Å². The number of amides is 1.